The number of thiophene rings is 1. The molecule has 0 aliphatic heterocycles. The third-order valence-corrected chi connectivity index (χ3v) is 4.39. The Labute approximate surface area is 111 Å². The second-order valence-electron chi connectivity index (χ2n) is 3.87. The summed E-state index contributed by atoms with van der Waals surface area (Å²) in [6.07, 6.45) is 3.67. The molecule has 2 rings (SSSR count). The summed E-state index contributed by atoms with van der Waals surface area (Å²) in [5, 5.41) is 6.42. The lowest BCUT2D eigenvalue weighted by Crippen LogP contribution is -2.21. The minimum absolute atomic E-state index is 0.139. The fourth-order valence-corrected chi connectivity index (χ4v) is 3.16. The van der Waals surface area contributed by atoms with Gasteiger partial charge in [-0.15, -0.1) is 11.3 Å². The maximum absolute atomic E-state index is 6.34. The molecule has 4 heteroatoms. The zero-order valence-corrected chi connectivity index (χ0v) is 11.5. The van der Waals surface area contributed by atoms with Crippen molar-refractivity contribution in [1.82, 2.24) is 10.3 Å². The van der Waals surface area contributed by atoms with Crippen LogP contribution in [0.5, 0.6) is 0 Å². The molecular weight excluding hydrogens is 252 g/mol. The topological polar surface area (TPSA) is 24.9 Å². The second-order valence-corrected chi connectivity index (χ2v) is 5.16. The van der Waals surface area contributed by atoms with Crippen LogP contribution in [0.3, 0.4) is 0 Å². The first-order valence-corrected chi connectivity index (χ1v) is 6.86. The van der Waals surface area contributed by atoms with Crippen molar-refractivity contribution in [3.8, 4) is 0 Å². The van der Waals surface area contributed by atoms with Crippen LogP contribution in [0.25, 0.3) is 0 Å². The average Bonchev–Trinajstić information content (AvgIpc) is 2.69. The van der Waals surface area contributed by atoms with Gasteiger partial charge in [-0.1, -0.05) is 24.6 Å². The fraction of sp³-hybridized carbons (Fsp3) is 0.308. The Morgan fingerprint density at radius 2 is 2.35 bits per heavy atom. The zero-order valence-electron chi connectivity index (χ0n) is 9.90. The van der Waals surface area contributed by atoms with Crippen molar-refractivity contribution in [3.05, 3.63) is 50.9 Å². The van der Waals surface area contributed by atoms with Crippen molar-refractivity contribution in [2.24, 2.45) is 0 Å². The predicted octanol–water partition coefficient (Wildman–Crippen LogP) is 3.80. The molecule has 0 saturated carbocycles. The third-order valence-electron chi connectivity index (χ3n) is 2.61. The smallest absolute Gasteiger partial charge is 0.0701 e. The molecule has 1 N–H and O–H groups in total. The van der Waals surface area contributed by atoms with Gasteiger partial charge >= 0.3 is 0 Å². The summed E-state index contributed by atoms with van der Waals surface area (Å²) in [6.45, 7) is 5.03. The van der Waals surface area contributed by atoms with Crippen LogP contribution in [0, 0.1) is 6.92 Å². The minimum Gasteiger partial charge on any atom is -0.306 e. The molecule has 0 saturated heterocycles. The molecule has 0 fully saturated rings. The van der Waals surface area contributed by atoms with Gasteiger partial charge in [0.15, 0.2) is 0 Å². The average molecular weight is 267 g/mol. The molecule has 0 spiro atoms. The van der Waals surface area contributed by atoms with Crippen molar-refractivity contribution in [2.45, 2.75) is 19.9 Å². The second kappa shape index (κ2) is 5.63. The first-order valence-electron chi connectivity index (χ1n) is 5.60. The van der Waals surface area contributed by atoms with Gasteiger partial charge in [0.05, 0.1) is 11.1 Å². The molecule has 0 aliphatic rings. The summed E-state index contributed by atoms with van der Waals surface area (Å²) in [4.78, 5) is 5.34. The molecule has 2 aromatic heterocycles. The lowest BCUT2D eigenvalue weighted by molar-refractivity contribution is 0.637. The van der Waals surface area contributed by atoms with Gasteiger partial charge in [0.1, 0.15) is 0 Å². The van der Waals surface area contributed by atoms with Crippen LogP contribution in [-0.2, 0) is 0 Å². The molecule has 0 bridgehead atoms. The lowest BCUT2D eigenvalue weighted by atomic mass is 10.1. The Bertz CT molecular complexity index is 481. The Hall–Kier alpha value is -0.900. The maximum atomic E-state index is 6.34. The molecule has 0 aromatic carbocycles. The normalized spacial score (nSPS) is 12.6. The van der Waals surface area contributed by atoms with Gasteiger partial charge in [-0.05, 0) is 36.0 Å². The standard InChI is InChI=1S/C13H15ClN2S/c1-3-16-12(10-5-4-6-15-7-10)13-11(14)9(2)8-17-13/h4-8,12,16H,3H2,1-2H3. The number of aromatic nitrogens is 1. The molecule has 90 valence electrons. The molecule has 1 unspecified atom stereocenters. The molecule has 1 atom stereocenters. The number of nitrogens with one attached hydrogen (secondary N) is 1. The molecule has 0 aliphatic carbocycles. The number of hydrogen-bond acceptors (Lipinski definition) is 3. The van der Waals surface area contributed by atoms with Crippen LogP contribution >= 0.6 is 22.9 Å². The van der Waals surface area contributed by atoms with Crippen LogP contribution in [-0.4, -0.2) is 11.5 Å². The third kappa shape index (κ3) is 2.68. The van der Waals surface area contributed by atoms with Gasteiger partial charge in [0.25, 0.3) is 0 Å². The summed E-state index contributed by atoms with van der Waals surface area (Å²) >= 11 is 8.04. The van der Waals surface area contributed by atoms with E-state index in [9.17, 15) is 0 Å². The van der Waals surface area contributed by atoms with Crippen molar-refractivity contribution in [1.29, 1.82) is 0 Å². The Morgan fingerprint density at radius 3 is 2.88 bits per heavy atom. The van der Waals surface area contributed by atoms with E-state index in [1.54, 1.807) is 17.5 Å². The van der Waals surface area contributed by atoms with E-state index in [0.717, 1.165) is 22.7 Å². The van der Waals surface area contributed by atoms with Crippen LogP contribution in [0.4, 0.5) is 0 Å². The van der Waals surface area contributed by atoms with E-state index in [4.69, 9.17) is 11.6 Å². The Morgan fingerprint density at radius 1 is 1.53 bits per heavy atom. The van der Waals surface area contributed by atoms with Gasteiger partial charge in [0, 0.05) is 17.3 Å². The van der Waals surface area contributed by atoms with E-state index in [1.165, 1.54) is 4.88 Å². The summed E-state index contributed by atoms with van der Waals surface area (Å²) in [6, 6.07) is 4.17. The largest absolute Gasteiger partial charge is 0.306 e. The van der Waals surface area contributed by atoms with Gasteiger partial charge in [-0.3, -0.25) is 4.98 Å². The Kier molecular flexibility index (Phi) is 4.15. The van der Waals surface area contributed by atoms with Crippen molar-refractivity contribution in [2.75, 3.05) is 6.54 Å². The number of nitrogens with zero attached hydrogens (tertiary/aromatic N) is 1. The van der Waals surface area contributed by atoms with Crippen LogP contribution in [0.2, 0.25) is 5.02 Å². The van der Waals surface area contributed by atoms with Crippen LogP contribution in [0.1, 0.15) is 29.0 Å². The predicted molar refractivity (Wildman–Crippen MR) is 73.8 cm³/mol. The van der Waals surface area contributed by atoms with Gasteiger partial charge in [0.2, 0.25) is 0 Å². The lowest BCUT2D eigenvalue weighted by Gasteiger charge is -2.17. The minimum atomic E-state index is 0.139. The van der Waals surface area contributed by atoms with Crippen molar-refractivity contribution < 1.29 is 0 Å². The first-order chi connectivity index (χ1) is 8.24. The Balaban J connectivity index is 2.39. The molecule has 0 amide bonds. The van der Waals surface area contributed by atoms with E-state index in [1.807, 2.05) is 19.2 Å². The van der Waals surface area contributed by atoms with Gasteiger partial charge in [-0.25, -0.2) is 0 Å². The highest BCUT2D eigenvalue weighted by Crippen LogP contribution is 2.35. The van der Waals surface area contributed by atoms with Crippen LogP contribution < -0.4 is 5.32 Å². The fourth-order valence-electron chi connectivity index (χ4n) is 1.76. The summed E-state index contributed by atoms with van der Waals surface area (Å²) < 4.78 is 0. The van der Waals surface area contributed by atoms with Crippen molar-refractivity contribution in [3.63, 3.8) is 0 Å². The highest BCUT2D eigenvalue weighted by Gasteiger charge is 2.18. The van der Waals surface area contributed by atoms with E-state index >= 15 is 0 Å². The summed E-state index contributed by atoms with van der Waals surface area (Å²) in [5.41, 5.74) is 2.29. The number of aryl methyl sites for hydroxylation is 1. The zero-order chi connectivity index (χ0) is 12.3. The number of pyridine rings is 1. The monoisotopic (exact) mass is 266 g/mol. The summed E-state index contributed by atoms with van der Waals surface area (Å²) in [7, 11) is 0. The molecule has 2 nitrogen and oxygen atoms in total. The number of rotatable bonds is 4. The van der Waals surface area contributed by atoms with Gasteiger partial charge < -0.3 is 5.32 Å². The molecule has 2 heterocycles. The number of hydrogen-bond donors (Lipinski definition) is 1. The number of halogens is 1. The quantitative estimate of drug-likeness (QED) is 0.910. The molecule has 2 aromatic rings. The molecule has 0 radical (unpaired) electrons. The van der Waals surface area contributed by atoms with E-state index in [2.05, 4.69) is 28.7 Å². The van der Waals surface area contributed by atoms with E-state index in [-0.39, 0.29) is 6.04 Å². The van der Waals surface area contributed by atoms with Crippen molar-refractivity contribution >= 4 is 22.9 Å². The summed E-state index contributed by atoms with van der Waals surface area (Å²) in [5.74, 6) is 0. The van der Waals surface area contributed by atoms with E-state index < -0.39 is 0 Å². The first kappa shape index (κ1) is 12.6. The van der Waals surface area contributed by atoms with Crippen LogP contribution in [0.15, 0.2) is 29.9 Å². The maximum Gasteiger partial charge on any atom is 0.0701 e. The molecular formula is C13H15ClN2S. The highest BCUT2D eigenvalue weighted by molar-refractivity contribution is 7.10. The molecule has 17 heavy (non-hydrogen) atoms. The highest BCUT2D eigenvalue weighted by atomic mass is 35.5. The van der Waals surface area contributed by atoms with Gasteiger partial charge in [-0.2, -0.15) is 0 Å². The van der Waals surface area contributed by atoms with E-state index in [0.29, 0.717) is 0 Å². The SMILES string of the molecule is CCNC(c1cccnc1)c1scc(C)c1Cl.